The van der Waals surface area contributed by atoms with Crippen molar-refractivity contribution in [2.75, 3.05) is 19.7 Å². The summed E-state index contributed by atoms with van der Waals surface area (Å²) in [5, 5.41) is 0. The maximum atomic E-state index is 13.5. The van der Waals surface area contributed by atoms with Crippen molar-refractivity contribution in [3.63, 3.8) is 0 Å². The summed E-state index contributed by atoms with van der Waals surface area (Å²) in [5.74, 6) is -1.35. The van der Waals surface area contributed by atoms with Gasteiger partial charge in [0.15, 0.2) is 0 Å². The fraction of sp³-hybridized carbons (Fsp3) is 0.609. The standard InChI is InChI=1S/C23H27F3N2O4/c1-2-27(14-18-7-4-10-32-18)19(29)12-22(13-20(30)28(21(22)31)17-8-9-17)15-5-3-6-16(11-15)23(24,25)26/h3,5-6,11,17-18H,2,4,7-10,12-14H2,1H3. The molecule has 4 rings (SSSR count). The number of hydrogen-bond acceptors (Lipinski definition) is 4. The van der Waals surface area contributed by atoms with E-state index in [4.69, 9.17) is 4.74 Å². The van der Waals surface area contributed by atoms with Crippen LogP contribution in [0.5, 0.6) is 0 Å². The van der Waals surface area contributed by atoms with Gasteiger partial charge in [0.1, 0.15) is 0 Å². The summed E-state index contributed by atoms with van der Waals surface area (Å²) in [6.07, 6.45) is -2.22. The Morgan fingerprint density at radius 2 is 2.00 bits per heavy atom. The zero-order valence-electron chi connectivity index (χ0n) is 18.0. The fourth-order valence-corrected chi connectivity index (χ4v) is 4.74. The van der Waals surface area contributed by atoms with Gasteiger partial charge in [-0.25, -0.2) is 0 Å². The van der Waals surface area contributed by atoms with E-state index < -0.39 is 29.0 Å². The Bertz CT molecular complexity index is 909. The third-order valence-corrected chi connectivity index (χ3v) is 6.64. The third kappa shape index (κ3) is 4.27. The summed E-state index contributed by atoms with van der Waals surface area (Å²) in [5.41, 5.74) is -2.46. The van der Waals surface area contributed by atoms with Gasteiger partial charge >= 0.3 is 6.18 Å². The number of carbonyl (C=O) groups excluding carboxylic acids is 3. The lowest BCUT2D eigenvalue weighted by Gasteiger charge is -2.31. The molecule has 2 atom stereocenters. The van der Waals surface area contributed by atoms with Crippen LogP contribution in [0, 0.1) is 0 Å². The molecule has 1 aliphatic carbocycles. The molecule has 0 N–H and O–H groups in total. The molecule has 0 spiro atoms. The lowest BCUT2D eigenvalue weighted by molar-refractivity contribution is -0.143. The van der Waals surface area contributed by atoms with Crippen LogP contribution >= 0.6 is 0 Å². The summed E-state index contributed by atoms with van der Waals surface area (Å²) in [7, 11) is 0. The minimum atomic E-state index is -4.60. The molecule has 3 aliphatic rings. The highest BCUT2D eigenvalue weighted by Gasteiger charge is 2.57. The maximum absolute atomic E-state index is 13.5. The van der Waals surface area contributed by atoms with E-state index >= 15 is 0 Å². The molecular weight excluding hydrogens is 425 g/mol. The van der Waals surface area contributed by atoms with Crippen molar-refractivity contribution >= 4 is 17.7 Å². The molecular formula is C23H27F3N2O4. The first-order valence-corrected chi connectivity index (χ1v) is 11.1. The van der Waals surface area contributed by atoms with Gasteiger partial charge in [0, 0.05) is 38.6 Å². The van der Waals surface area contributed by atoms with Gasteiger partial charge in [-0.15, -0.1) is 0 Å². The van der Waals surface area contributed by atoms with Gasteiger partial charge in [-0.3, -0.25) is 19.3 Å². The van der Waals surface area contributed by atoms with Crippen molar-refractivity contribution in [1.82, 2.24) is 9.80 Å². The maximum Gasteiger partial charge on any atom is 0.416 e. The van der Waals surface area contributed by atoms with Gasteiger partial charge in [-0.2, -0.15) is 13.2 Å². The number of amides is 3. The minimum Gasteiger partial charge on any atom is -0.376 e. The normalized spacial score (nSPS) is 26.1. The quantitative estimate of drug-likeness (QED) is 0.596. The number of carbonyl (C=O) groups is 3. The van der Waals surface area contributed by atoms with Gasteiger partial charge in [0.25, 0.3) is 0 Å². The Morgan fingerprint density at radius 1 is 1.25 bits per heavy atom. The summed E-state index contributed by atoms with van der Waals surface area (Å²) in [6, 6.07) is 4.26. The Hall–Kier alpha value is -2.42. The molecule has 1 aromatic carbocycles. The largest absolute Gasteiger partial charge is 0.416 e. The summed E-state index contributed by atoms with van der Waals surface area (Å²) in [4.78, 5) is 42.3. The molecule has 1 aromatic rings. The van der Waals surface area contributed by atoms with Crippen molar-refractivity contribution in [2.24, 2.45) is 0 Å². The van der Waals surface area contributed by atoms with E-state index in [0.29, 0.717) is 32.5 Å². The number of likely N-dealkylation sites (tertiary alicyclic amines) is 1. The van der Waals surface area contributed by atoms with E-state index in [1.54, 1.807) is 4.90 Å². The Labute approximate surface area is 184 Å². The molecule has 1 saturated carbocycles. The third-order valence-electron chi connectivity index (χ3n) is 6.64. The number of rotatable bonds is 7. The van der Waals surface area contributed by atoms with Crippen LogP contribution < -0.4 is 0 Å². The monoisotopic (exact) mass is 452 g/mol. The van der Waals surface area contributed by atoms with E-state index in [1.165, 1.54) is 17.0 Å². The molecule has 2 saturated heterocycles. The van der Waals surface area contributed by atoms with Crippen LogP contribution in [-0.4, -0.2) is 59.4 Å². The molecule has 9 heteroatoms. The molecule has 3 fully saturated rings. The molecule has 0 aromatic heterocycles. The Kier molecular flexibility index (Phi) is 6.04. The van der Waals surface area contributed by atoms with Crippen molar-refractivity contribution in [3.8, 4) is 0 Å². The summed E-state index contributed by atoms with van der Waals surface area (Å²) in [6.45, 7) is 3.18. The van der Waals surface area contributed by atoms with Gasteiger partial charge < -0.3 is 9.64 Å². The molecule has 6 nitrogen and oxygen atoms in total. The van der Waals surface area contributed by atoms with Crippen molar-refractivity contribution in [2.45, 2.75) is 69.2 Å². The SMILES string of the molecule is CCN(CC1CCCO1)C(=O)CC1(c2cccc(C(F)(F)F)c2)CC(=O)N(C2CC2)C1=O. The van der Waals surface area contributed by atoms with Crippen LogP contribution in [0.15, 0.2) is 24.3 Å². The summed E-state index contributed by atoms with van der Waals surface area (Å²) < 4.78 is 45.8. The molecule has 2 unspecified atom stereocenters. The van der Waals surface area contributed by atoms with Crippen molar-refractivity contribution < 1.29 is 32.3 Å². The fourth-order valence-electron chi connectivity index (χ4n) is 4.74. The minimum absolute atomic E-state index is 0.0651. The second-order valence-corrected chi connectivity index (χ2v) is 8.88. The number of halogens is 3. The Balaban J connectivity index is 1.68. The molecule has 0 bridgehead atoms. The molecule has 2 heterocycles. The highest BCUT2D eigenvalue weighted by Crippen LogP contribution is 2.45. The van der Waals surface area contributed by atoms with Gasteiger partial charge in [0.2, 0.25) is 17.7 Å². The summed E-state index contributed by atoms with van der Waals surface area (Å²) >= 11 is 0. The van der Waals surface area contributed by atoms with Crippen LogP contribution in [0.3, 0.4) is 0 Å². The van der Waals surface area contributed by atoms with Crippen LogP contribution in [0.25, 0.3) is 0 Å². The highest BCUT2D eigenvalue weighted by molar-refractivity contribution is 6.11. The second kappa shape index (κ2) is 8.50. The van der Waals surface area contributed by atoms with Crippen LogP contribution in [0.4, 0.5) is 13.2 Å². The first-order chi connectivity index (χ1) is 15.2. The smallest absolute Gasteiger partial charge is 0.376 e. The van der Waals surface area contributed by atoms with Gasteiger partial charge in [0.05, 0.1) is 17.1 Å². The highest BCUT2D eigenvalue weighted by atomic mass is 19.4. The number of likely N-dealkylation sites (N-methyl/N-ethyl adjacent to an activating group) is 1. The van der Waals surface area contributed by atoms with Gasteiger partial charge in [-0.05, 0) is 44.2 Å². The van der Waals surface area contributed by atoms with E-state index in [-0.39, 0.29) is 36.5 Å². The van der Waals surface area contributed by atoms with E-state index in [9.17, 15) is 27.6 Å². The molecule has 174 valence electrons. The lowest BCUT2D eigenvalue weighted by atomic mass is 9.75. The first-order valence-electron chi connectivity index (χ1n) is 11.1. The van der Waals surface area contributed by atoms with E-state index in [1.807, 2.05) is 6.92 Å². The Morgan fingerprint density at radius 3 is 2.59 bits per heavy atom. The van der Waals surface area contributed by atoms with E-state index in [2.05, 4.69) is 0 Å². The molecule has 32 heavy (non-hydrogen) atoms. The van der Waals surface area contributed by atoms with Crippen molar-refractivity contribution in [3.05, 3.63) is 35.4 Å². The predicted octanol–water partition coefficient (Wildman–Crippen LogP) is 3.28. The molecule has 3 amide bonds. The predicted molar refractivity (Wildman–Crippen MR) is 108 cm³/mol. The first kappa shape index (κ1) is 22.8. The number of hydrogen-bond donors (Lipinski definition) is 0. The number of imide groups is 1. The van der Waals surface area contributed by atoms with Crippen molar-refractivity contribution in [1.29, 1.82) is 0 Å². The van der Waals surface area contributed by atoms with Gasteiger partial charge in [-0.1, -0.05) is 18.2 Å². The van der Waals surface area contributed by atoms with Crippen LogP contribution in [0.2, 0.25) is 0 Å². The number of alkyl halides is 3. The topological polar surface area (TPSA) is 66.9 Å². The average Bonchev–Trinajstić information content (AvgIpc) is 3.37. The van der Waals surface area contributed by atoms with E-state index in [0.717, 1.165) is 25.0 Å². The van der Waals surface area contributed by atoms with Crippen LogP contribution in [-0.2, 0) is 30.7 Å². The number of ether oxygens (including phenoxy) is 1. The second-order valence-electron chi connectivity index (χ2n) is 8.88. The molecule has 2 aliphatic heterocycles. The zero-order chi connectivity index (χ0) is 23.1. The number of benzene rings is 1. The average molecular weight is 452 g/mol. The zero-order valence-corrected chi connectivity index (χ0v) is 18.0. The number of nitrogens with zero attached hydrogens (tertiary/aromatic N) is 2. The molecule has 0 radical (unpaired) electrons. The lowest BCUT2D eigenvalue weighted by Crippen LogP contribution is -2.45. The van der Waals surface area contributed by atoms with Crippen LogP contribution in [0.1, 0.15) is 56.6 Å².